The molecule has 1 rings (SSSR count). The first-order valence-electron chi connectivity index (χ1n) is 6.07. The molecule has 1 atom stereocenters. The Kier molecular flexibility index (Phi) is 5.94. The van der Waals surface area contributed by atoms with Crippen LogP contribution in [0.1, 0.15) is 19.8 Å². The molecule has 0 radical (unpaired) electrons. The Morgan fingerprint density at radius 3 is 2.72 bits per heavy atom. The highest BCUT2D eigenvalue weighted by atomic mass is 16.5. The molecule has 0 aliphatic carbocycles. The average Bonchev–Trinajstić information content (AvgIpc) is 2.38. The van der Waals surface area contributed by atoms with E-state index in [1.807, 2.05) is 12.1 Å². The molecule has 0 spiro atoms. The van der Waals surface area contributed by atoms with E-state index in [9.17, 15) is 4.79 Å². The maximum Gasteiger partial charge on any atom is 0.241 e. The highest BCUT2D eigenvalue weighted by Gasteiger charge is 2.11. The van der Waals surface area contributed by atoms with E-state index in [1.165, 1.54) is 0 Å². The fourth-order valence-electron chi connectivity index (χ4n) is 1.38. The highest BCUT2D eigenvalue weighted by Crippen LogP contribution is 2.16. The van der Waals surface area contributed by atoms with E-state index >= 15 is 0 Å². The van der Waals surface area contributed by atoms with Gasteiger partial charge in [0.25, 0.3) is 0 Å². The predicted octanol–water partition coefficient (Wildman–Crippen LogP) is 2.32. The maximum absolute atomic E-state index is 11.6. The number of hydrogen-bond donors (Lipinski definition) is 2. The summed E-state index contributed by atoms with van der Waals surface area (Å²) in [5, 5.41) is 2.74. The Morgan fingerprint density at radius 1 is 1.50 bits per heavy atom. The molecule has 4 nitrogen and oxygen atoms in total. The molecule has 0 saturated carbocycles. The van der Waals surface area contributed by atoms with Crippen LogP contribution < -0.4 is 15.8 Å². The van der Waals surface area contributed by atoms with Crippen LogP contribution in [0.15, 0.2) is 36.9 Å². The first-order chi connectivity index (χ1) is 8.67. The summed E-state index contributed by atoms with van der Waals surface area (Å²) in [5.74, 6) is 0.586. The second kappa shape index (κ2) is 7.50. The van der Waals surface area contributed by atoms with Crippen molar-refractivity contribution in [3.8, 4) is 5.75 Å². The van der Waals surface area contributed by atoms with E-state index in [-0.39, 0.29) is 5.91 Å². The van der Waals surface area contributed by atoms with Gasteiger partial charge in [0.2, 0.25) is 5.91 Å². The molecule has 0 saturated heterocycles. The van der Waals surface area contributed by atoms with Crippen molar-refractivity contribution in [2.45, 2.75) is 25.8 Å². The highest BCUT2D eigenvalue weighted by molar-refractivity contribution is 5.94. The number of nitrogens with two attached hydrogens (primary N) is 1. The summed E-state index contributed by atoms with van der Waals surface area (Å²) in [6.45, 7) is 6.30. The minimum absolute atomic E-state index is 0.211. The van der Waals surface area contributed by atoms with Gasteiger partial charge in [-0.25, -0.2) is 0 Å². The zero-order valence-electron chi connectivity index (χ0n) is 10.7. The van der Waals surface area contributed by atoms with Crippen LogP contribution in [0.25, 0.3) is 0 Å². The summed E-state index contributed by atoms with van der Waals surface area (Å²) >= 11 is 0. The molecular weight excluding hydrogens is 228 g/mol. The van der Waals surface area contributed by atoms with Gasteiger partial charge in [0.15, 0.2) is 0 Å². The van der Waals surface area contributed by atoms with E-state index in [1.54, 1.807) is 18.2 Å². The molecule has 98 valence electrons. The molecule has 1 amide bonds. The summed E-state index contributed by atoms with van der Waals surface area (Å²) in [7, 11) is 0. The Balaban J connectivity index is 2.52. The number of benzene rings is 1. The minimum Gasteiger partial charge on any atom is -0.494 e. The van der Waals surface area contributed by atoms with Crippen molar-refractivity contribution in [3.05, 3.63) is 36.9 Å². The zero-order chi connectivity index (χ0) is 13.4. The van der Waals surface area contributed by atoms with Crippen molar-refractivity contribution in [1.29, 1.82) is 0 Å². The summed E-state index contributed by atoms with van der Waals surface area (Å²) in [4.78, 5) is 11.6. The van der Waals surface area contributed by atoms with Crippen LogP contribution in [0, 0.1) is 0 Å². The fourth-order valence-corrected chi connectivity index (χ4v) is 1.38. The quantitative estimate of drug-likeness (QED) is 0.728. The Hall–Kier alpha value is -1.81. The number of rotatable bonds is 7. The van der Waals surface area contributed by atoms with E-state index in [4.69, 9.17) is 10.5 Å². The molecule has 1 unspecified atom stereocenters. The molecule has 0 aliphatic rings. The lowest BCUT2D eigenvalue weighted by Gasteiger charge is -2.11. The van der Waals surface area contributed by atoms with Crippen LogP contribution in [-0.2, 0) is 4.79 Å². The SMILES string of the molecule is C=CCC(N)C(=O)Nc1ccc(OCCC)cc1. The minimum atomic E-state index is -0.557. The molecule has 0 aliphatic heterocycles. The summed E-state index contributed by atoms with van der Waals surface area (Å²) in [6, 6.07) is 6.68. The Labute approximate surface area is 108 Å². The normalized spacial score (nSPS) is 11.7. The van der Waals surface area contributed by atoms with Crippen LogP contribution in [0.3, 0.4) is 0 Å². The molecule has 0 bridgehead atoms. The number of anilines is 1. The summed E-state index contributed by atoms with van der Waals surface area (Å²) in [5.41, 5.74) is 6.37. The van der Waals surface area contributed by atoms with E-state index in [0.29, 0.717) is 18.7 Å². The van der Waals surface area contributed by atoms with Crippen LogP contribution in [0.5, 0.6) is 5.75 Å². The second-order valence-corrected chi connectivity index (χ2v) is 3.99. The number of nitrogens with one attached hydrogen (secondary N) is 1. The van der Waals surface area contributed by atoms with Crippen LogP contribution in [0.2, 0.25) is 0 Å². The standard InChI is InChI=1S/C14H20N2O2/c1-3-5-13(15)14(17)16-11-6-8-12(9-7-11)18-10-4-2/h3,6-9,13H,1,4-5,10,15H2,2H3,(H,16,17). The number of amides is 1. The lowest BCUT2D eigenvalue weighted by Crippen LogP contribution is -2.34. The molecule has 4 heteroatoms. The molecule has 1 aromatic carbocycles. The van der Waals surface area contributed by atoms with Gasteiger partial charge < -0.3 is 15.8 Å². The fraction of sp³-hybridized carbons (Fsp3) is 0.357. The Bertz CT molecular complexity index is 387. The van der Waals surface area contributed by atoms with Gasteiger partial charge in [0, 0.05) is 5.69 Å². The molecular formula is C14H20N2O2. The third-order valence-corrected chi connectivity index (χ3v) is 2.35. The van der Waals surface area contributed by atoms with Crippen molar-refractivity contribution in [2.24, 2.45) is 5.73 Å². The van der Waals surface area contributed by atoms with E-state index < -0.39 is 6.04 Å². The first kappa shape index (κ1) is 14.3. The molecule has 0 heterocycles. The van der Waals surface area contributed by atoms with Crippen LogP contribution in [-0.4, -0.2) is 18.6 Å². The van der Waals surface area contributed by atoms with Crippen LogP contribution >= 0.6 is 0 Å². The van der Waals surface area contributed by atoms with E-state index in [2.05, 4.69) is 18.8 Å². The second-order valence-electron chi connectivity index (χ2n) is 3.99. The van der Waals surface area contributed by atoms with E-state index in [0.717, 1.165) is 12.2 Å². The summed E-state index contributed by atoms with van der Waals surface area (Å²) in [6.07, 6.45) is 3.06. The first-order valence-corrected chi connectivity index (χ1v) is 6.07. The lowest BCUT2D eigenvalue weighted by atomic mass is 10.2. The maximum atomic E-state index is 11.6. The lowest BCUT2D eigenvalue weighted by molar-refractivity contribution is -0.117. The van der Waals surface area contributed by atoms with Crippen molar-refractivity contribution in [2.75, 3.05) is 11.9 Å². The number of carbonyl (C=O) groups excluding carboxylic acids is 1. The largest absolute Gasteiger partial charge is 0.494 e. The predicted molar refractivity (Wildman–Crippen MR) is 73.6 cm³/mol. The van der Waals surface area contributed by atoms with Crippen molar-refractivity contribution in [1.82, 2.24) is 0 Å². The van der Waals surface area contributed by atoms with Crippen molar-refractivity contribution in [3.63, 3.8) is 0 Å². The van der Waals surface area contributed by atoms with Gasteiger partial charge in [-0.15, -0.1) is 6.58 Å². The third-order valence-electron chi connectivity index (χ3n) is 2.35. The molecule has 18 heavy (non-hydrogen) atoms. The third kappa shape index (κ3) is 4.59. The van der Waals surface area contributed by atoms with Gasteiger partial charge in [-0.3, -0.25) is 4.79 Å². The van der Waals surface area contributed by atoms with Gasteiger partial charge in [-0.1, -0.05) is 13.0 Å². The molecule has 0 fully saturated rings. The van der Waals surface area contributed by atoms with Crippen LogP contribution in [0.4, 0.5) is 5.69 Å². The molecule has 1 aromatic rings. The van der Waals surface area contributed by atoms with Gasteiger partial charge in [-0.2, -0.15) is 0 Å². The monoisotopic (exact) mass is 248 g/mol. The van der Waals surface area contributed by atoms with Gasteiger partial charge in [0.05, 0.1) is 12.6 Å². The average molecular weight is 248 g/mol. The topological polar surface area (TPSA) is 64.4 Å². The number of hydrogen-bond acceptors (Lipinski definition) is 3. The van der Waals surface area contributed by atoms with Gasteiger partial charge in [0.1, 0.15) is 5.75 Å². The van der Waals surface area contributed by atoms with Crippen molar-refractivity contribution >= 4 is 11.6 Å². The van der Waals surface area contributed by atoms with Crippen molar-refractivity contribution < 1.29 is 9.53 Å². The summed E-state index contributed by atoms with van der Waals surface area (Å²) < 4.78 is 5.45. The van der Waals surface area contributed by atoms with Gasteiger partial charge in [-0.05, 0) is 37.1 Å². The number of ether oxygens (including phenoxy) is 1. The molecule has 3 N–H and O–H groups in total. The number of carbonyl (C=O) groups is 1. The zero-order valence-corrected chi connectivity index (χ0v) is 10.7. The Morgan fingerprint density at radius 2 is 2.17 bits per heavy atom. The van der Waals surface area contributed by atoms with Gasteiger partial charge >= 0.3 is 0 Å². The smallest absolute Gasteiger partial charge is 0.241 e. The molecule has 0 aromatic heterocycles.